The van der Waals surface area contributed by atoms with E-state index in [4.69, 9.17) is 0 Å². The quantitative estimate of drug-likeness (QED) is 0.933. The molecule has 0 radical (unpaired) electrons. The summed E-state index contributed by atoms with van der Waals surface area (Å²) in [6.07, 6.45) is 0. The predicted molar refractivity (Wildman–Crippen MR) is 95.4 cm³/mol. The first-order valence-corrected chi connectivity index (χ1v) is 8.43. The summed E-state index contributed by atoms with van der Waals surface area (Å²) in [6.45, 7) is 10.5. The molecule has 0 fully saturated rings. The van der Waals surface area contributed by atoms with Crippen molar-refractivity contribution in [2.45, 2.75) is 53.1 Å². The van der Waals surface area contributed by atoms with Crippen molar-refractivity contribution in [2.24, 2.45) is 0 Å². The van der Waals surface area contributed by atoms with Gasteiger partial charge in [0.15, 0.2) is 0 Å². The molecule has 1 aromatic carbocycles. The molecule has 1 atom stereocenters. The number of hydrogen-bond donors (Lipinski definition) is 1. The van der Waals surface area contributed by atoms with E-state index in [1.165, 1.54) is 5.56 Å². The first-order chi connectivity index (χ1) is 11.3. The molecular weight excluding hydrogens is 300 g/mol. The van der Waals surface area contributed by atoms with E-state index < -0.39 is 0 Å². The van der Waals surface area contributed by atoms with Gasteiger partial charge in [-0.25, -0.2) is 0 Å². The van der Waals surface area contributed by atoms with Gasteiger partial charge in [-0.3, -0.25) is 9.59 Å². The van der Waals surface area contributed by atoms with Crippen LogP contribution in [0.15, 0.2) is 29.1 Å². The molecule has 1 aliphatic rings. The van der Waals surface area contributed by atoms with Gasteiger partial charge in [-0.05, 0) is 55.5 Å². The molecule has 1 aromatic heterocycles. The zero-order valence-corrected chi connectivity index (χ0v) is 14.9. The Morgan fingerprint density at radius 1 is 1.17 bits per heavy atom. The second-order valence-corrected chi connectivity index (χ2v) is 7.05. The van der Waals surface area contributed by atoms with E-state index in [1.807, 2.05) is 39.0 Å². The molecule has 24 heavy (non-hydrogen) atoms. The molecule has 4 heteroatoms. The van der Waals surface area contributed by atoms with Gasteiger partial charge in [-0.2, -0.15) is 0 Å². The Balaban J connectivity index is 1.97. The molecule has 0 aliphatic carbocycles. The molecule has 1 aliphatic heterocycles. The van der Waals surface area contributed by atoms with Crippen LogP contribution in [-0.4, -0.2) is 15.8 Å². The molecule has 0 bridgehead atoms. The Kier molecular flexibility index (Phi) is 4.08. The number of aryl methyl sites for hydroxylation is 2. The van der Waals surface area contributed by atoms with E-state index in [0.717, 1.165) is 22.4 Å². The SMILES string of the molecule is Cc1cc(C)c(CN2C(=O)c3ccc(C(C)C)cc3C2C)c(=O)[nH]1. The van der Waals surface area contributed by atoms with Crippen LogP contribution >= 0.6 is 0 Å². The van der Waals surface area contributed by atoms with Crippen LogP contribution in [0.5, 0.6) is 0 Å². The fourth-order valence-corrected chi connectivity index (χ4v) is 3.44. The second-order valence-electron chi connectivity index (χ2n) is 7.05. The van der Waals surface area contributed by atoms with Crippen molar-refractivity contribution in [1.29, 1.82) is 0 Å². The van der Waals surface area contributed by atoms with E-state index in [1.54, 1.807) is 4.90 Å². The number of carbonyl (C=O) groups excluding carboxylic acids is 1. The summed E-state index contributed by atoms with van der Waals surface area (Å²) in [6, 6.07) is 8.02. The van der Waals surface area contributed by atoms with Gasteiger partial charge in [-0.1, -0.05) is 26.0 Å². The highest BCUT2D eigenvalue weighted by Gasteiger charge is 2.34. The maximum atomic E-state index is 12.8. The number of pyridine rings is 1. The van der Waals surface area contributed by atoms with E-state index in [-0.39, 0.29) is 17.5 Å². The van der Waals surface area contributed by atoms with Gasteiger partial charge in [0.05, 0.1) is 12.6 Å². The highest BCUT2D eigenvalue weighted by atomic mass is 16.2. The molecule has 0 saturated heterocycles. The van der Waals surface area contributed by atoms with Crippen molar-refractivity contribution in [1.82, 2.24) is 9.88 Å². The molecule has 0 spiro atoms. The number of carbonyl (C=O) groups is 1. The summed E-state index contributed by atoms with van der Waals surface area (Å²) in [5.41, 5.74) is 5.38. The van der Waals surface area contributed by atoms with Crippen molar-refractivity contribution >= 4 is 5.91 Å². The fraction of sp³-hybridized carbons (Fsp3) is 0.400. The van der Waals surface area contributed by atoms with E-state index in [9.17, 15) is 9.59 Å². The summed E-state index contributed by atoms with van der Waals surface area (Å²) in [7, 11) is 0. The maximum Gasteiger partial charge on any atom is 0.255 e. The van der Waals surface area contributed by atoms with Crippen LogP contribution in [-0.2, 0) is 6.54 Å². The number of aromatic nitrogens is 1. The van der Waals surface area contributed by atoms with Crippen molar-refractivity contribution < 1.29 is 4.79 Å². The largest absolute Gasteiger partial charge is 0.327 e. The fourth-order valence-electron chi connectivity index (χ4n) is 3.44. The zero-order valence-electron chi connectivity index (χ0n) is 14.9. The van der Waals surface area contributed by atoms with Crippen LogP contribution in [0.3, 0.4) is 0 Å². The lowest BCUT2D eigenvalue weighted by molar-refractivity contribution is 0.0722. The number of benzene rings is 1. The molecule has 4 nitrogen and oxygen atoms in total. The van der Waals surface area contributed by atoms with E-state index >= 15 is 0 Å². The Hall–Kier alpha value is -2.36. The Bertz CT molecular complexity index is 864. The normalized spacial score (nSPS) is 16.8. The lowest BCUT2D eigenvalue weighted by atomic mass is 9.96. The second kappa shape index (κ2) is 5.93. The Morgan fingerprint density at radius 3 is 2.50 bits per heavy atom. The third-order valence-corrected chi connectivity index (χ3v) is 4.97. The number of hydrogen-bond acceptors (Lipinski definition) is 2. The van der Waals surface area contributed by atoms with Gasteiger partial charge in [-0.15, -0.1) is 0 Å². The van der Waals surface area contributed by atoms with Gasteiger partial charge >= 0.3 is 0 Å². The van der Waals surface area contributed by atoms with Crippen LogP contribution in [0.4, 0.5) is 0 Å². The first kappa shape index (κ1) is 16.5. The zero-order chi connectivity index (χ0) is 17.6. The van der Waals surface area contributed by atoms with Crippen LogP contribution in [0, 0.1) is 13.8 Å². The lowest BCUT2D eigenvalue weighted by Gasteiger charge is -2.23. The standard InChI is InChI=1S/C20H24N2O2/c1-11(2)15-6-7-16-17(9-15)14(5)22(20(16)24)10-18-12(3)8-13(4)21-19(18)23/h6-9,11,14H,10H2,1-5H3,(H,21,23). The Labute approximate surface area is 142 Å². The minimum atomic E-state index is -0.105. The van der Waals surface area contributed by atoms with Gasteiger partial charge in [0.25, 0.3) is 11.5 Å². The van der Waals surface area contributed by atoms with Crippen molar-refractivity contribution in [2.75, 3.05) is 0 Å². The average molecular weight is 324 g/mol. The van der Waals surface area contributed by atoms with E-state index in [0.29, 0.717) is 18.0 Å². The number of nitrogens with zero attached hydrogens (tertiary/aromatic N) is 1. The number of amides is 1. The summed E-state index contributed by atoms with van der Waals surface area (Å²) < 4.78 is 0. The lowest BCUT2D eigenvalue weighted by Crippen LogP contribution is -2.30. The average Bonchev–Trinajstić information content (AvgIpc) is 2.74. The van der Waals surface area contributed by atoms with Crippen LogP contribution < -0.4 is 5.56 Å². The maximum absolute atomic E-state index is 12.8. The smallest absolute Gasteiger partial charge is 0.255 e. The summed E-state index contributed by atoms with van der Waals surface area (Å²) in [5, 5.41) is 0. The highest BCUT2D eigenvalue weighted by Crippen LogP contribution is 2.36. The van der Waals surface area contributed by atoms with Crippen LogP contribution in [0.25, 0.3) is 0 Å². The molecule has 1 amide bonds. The summed E-state index contributed by atoms with van der Waals surface area (Å²) in [5.74, 6) is 0.432. The number of rotatable bonds is 3. The third-order valence-electron chi connectivity index (χ3n) is 4.97. The highest BCUT2D eigenvalue weighted by molar-refractivity contribution is 5.99. The molecular formula is C20H24N2O2. The minimum absolute atomic E-state index is 0.00665. The van der Waals surface area contributed by atoms with Crippen LogP contribution in [0.2, 0.25) is 0 Å². The Morgan fingerprint density at radius 2 is 1.88 bits per heavy atom. The molecule has 126 valence electrons. The molecule has 2 heterocycles. The third kappa shape index (κ3) is 2.66. The monoisotopic (exact) mass is 324 g/mol. The molecule has 1 N–H and O–H groups in total. The number of H-pyrrole nitrogens is 1. The number of aromatic amines is 1. The minimum Gasteiger partial charge on any atom is -0.327 e. The van der Waals surface area contributed by atoms with Crippen molar-refractivity contribution in [3.8, 4) is 0 Å². The van der Waals surface area contributed by atoms with Gasteiger partial charge in [0.1, 0.15) is 0 Å². The van der Waals surface area contributed by atoms with Crippen molar-refractivity contribution in [3.63, 3.8) is 0 Å². The van der Waals surface area contributed by atoms with Gasteiger partial charge in [0.2, 0.25) is 0 Å². The van der Waals surface area contributed by atoms with Crippen molar-refractivity contribution in [3.05, 3.63) is 68.1 Å². The summed E-state index contributed by atoms with van der Waals surface area (Å²) >= 11 is 0. The topological polar surface area (TPSA) is 53.2 Å². The summed E-state index contributed by atoms with van der Waals surface area (Å²) in [4.78, 5) is 29.7. The van der Waals surface area contributed by atoms with Gasteiger partial charge < -0.3 is 9.88 Å². The van der Waals surface area contributed by atoms with Gasteiger partial charge in [0, 0.05) is 16.8 Å². The first-order valence-electron chi connectivity index (χ1n) is 8.43. The van der Waals surface area contributed by atoms with Crippen LogP contribution in [0.1, 0.15) is 71.0 Å². The molecule has 0 saturated carbocycles. The molecule has 1 unspecified atom stereocenters. The molecule has 2 aromatic rings. The van der Waals surface area contributed by atoms with E-state index in [2.05, 4.69) is 24.9 Å². The number of nitrogens with one attached hydrogen (secondary N) is 1. The molecule has 3 rings (SSSR count). The number of fused-ring (bicyclic) bond motifs is 1. The predicted octanol–water partition coefficient (Wildman–Crippen LogP) is 3.83.